The second-order valence-corrected chi connectivity index (χ2v) is 14.5. The Morgan fingerprint density at radius 3 is 2.26 bits per heavy atom. The van der Waals surface area contributed by atoms with Crippen molar-refractivity contribution in [1.82, 2.24) is 0 Å². The van der Waals surface area contributed by atoms with Crippen molar-refractivity contribution in [3.63, 3.8) is 0 Å². The van der Waals surface area contributed by atoms with E-state index in [0.29, 0.717) is 29.0 Å². The van der Waals surface area contributed by atoms with E-state index < -0.39 is 5.60 Å². The molecule has 0 aromatic rings. The van der Waals surface area contributed by atoms with E-state index in [-0.39, 0.29) is 21.7 Å². The van der Waals surface area contributed by atoms with Crippen molar-refractivity contribution >= 4 is 5.78 Å². The minimum Gasteiger partial charge on any atom is -0.389 e. The van der Waals surface area contributed by atoms with Gasteiger partial charge in [0.25, 0.3) is 0 Å². The van der Waals surface area contributed by atoms with E-state index >= 15 is 0 Å². The molecule has 7 atom stereocenters. The number of hydrogen-bond acceptors (Lipinski definition) is 2. The first-order chi connectivity index (χ1) is 14.2. The highest BCUT2D eigenvalue weighted by Crippen LogP contribution is 2.74. The van der Waals surface area contributed by atoms with E-state index in [0.717, 1.165) is 51.4 Å². The summed E-state index contributed by atoms with van der Waals surface area (Å²) in [5, 5.41) is 11.7. The molecule has 0 aliphatic heterocycles. The summed E-state index contributed by atoms with van der Waals surface area (Å²) in [5.74, 6) is 1.97. The minimum atomic E-state index is -0.482. The normalized spacial score (nSPS) is 52.8. The van der Waals surface area contributed by atoms with Gasteiger partial charge in [-0.15, -0.1) is 0 Å². The van der Waals surface area contributed by atoms with Crippen LogP contribution in [0.4, 0.5) is 0 Å². The standard InChI is InChI=1S/C29H46O2/c1-24(2)14-16-29(31)17-15-27(6)19(20(29)18-24)8-9-22-26(5)12-11-23(30)25(3,4)21(26)10-13-28(22,27)7/h8,20-22,31H,9-18H2,1-7H3/t20?,21-,22+,26?,27+,28?,29?/m0/s1. The van der Waals surface area contributed by atoms with Crippen molar-refractivity contribution in [2.75, 3.05) is 0 Å². The largest absolute Gasteiger partial charge is 0.389 e. The van der Waals surface area contributed by atoms with Crippen molar-refractivity contribution in [2.24, 2.45) is 44.8 Å². The minimum absolute atomic E-state index is 0.180. The summed E-state index contributed by atoms with van der Waals surface area (Å²) < 4.78 is 0. The average Bonchev–Trinajstić information content (AvgIpc) is 2.67. The number of carbonyl (C=O) groups excluding carboxylic acids is 1. The van der Waals surface area contributed by atoms with Gasteiger partial charge in [-0.2, -0.15) is 0 Å². The summed E-state index contributed by atoms with van der Waals surface area (Å²) in [6.45, 7) is 17.0. The number of carbonyl (C=O) groups is 1. The van der Waals surface area contributed by atoms with Crippen LogP contribution in [0.5, 0.6) is 0 Å². The van der Waals surface area contributed by atoms with Crippen LogP contribution >= 0.6 is 0 Å². The smallest absolute Gasteiger partial charge is 0.138 e. The van der Waals surface area contributed by atoms with Crippen LogP contribution in [-0.4, -0.2) is 16.5 Å². The third-order valence-corrected chi connectivity index (χ3v) is 12.3. The van der Waals surface area contributed by atoms with Crippen LogP contribution in [0.2, 0.25) is 0 Å². The lowest BCUT2D eigenvalue weighted by Crippen LogP contribution is -2.65. The summed E-state index contributed by atoms with van der Waals surface area (Å²) in [4.78, 5) is 12.9. The van der Waals surface area contributed by atoms with Gasteiger partial charge in [-0.05, 0) is 91.3 Å². The summed E-state index contributed by atoms with van der Waals surface area (Å²) >= 11 is 0. The van der Waals surface area contributed by atoms with Crippen LogP contribution in [0.3, 0.4) is 0 Å². The van der Waals surface area contributed by atoms with E-state index in [2.05, 4.69) is 54.5 Å². The van der Waals surface area contributed by atoms with Gasteiger partial charge in [-0.3, -0.25) is 4.79 Å². The fraction of sp³-hybridized carbons (Fsp3) is 0.897. The molecule has 2 heteroatoms. The molecule has 0 aromatic carbocycles. The Balaban J connectivity index is 1.58. The highest BCUT2D eigenvalue weighted by molar-refractivity contribution is 5.85. The van der Waals surface area contributed by atoms with E-state index in [9.17, 15) is 9.90 Å². The number of fused-ring (bicyclic) bond motifs is 7. The first-order valence-corrected chi connectivity index (χ1v) is 13.2. The first-order valence-electron chi connectivity index (χ1n) is 13.2. The lowest BCUT2D eigenvalue weighted by molar-refractivity contribution is -0.191. The summed E-state index contributed by atoms with van der Waals surface area (Å²) in [6.07, 6.45) is 13.3. The van der Waals surface area contributed by atoms with Gasteiger partial charge in [-0.25, -0.2) is 0 Å². The SMILES string of the molecule is CC1(C)CCC2(O)CC[C@]3(C)C(=CC[C@@H]4C5(C)CCC(=O)C(C)(C)[C@@H]5CCC43C)C2C1. The first kappa shape index (κ1) is 22.2. The third kappa shape index (κ3) is 2.69. The number of aliphatic hydroxyl groups is 1. The molecule has 4 unspecified atom stereocenters. The molecule has 0 radical (unpaired) electrons. The van der Waals surface area contributed by atoms with Crippen LogP contribution in [-0.2, 0) is 4.79 Å². The predicted molar refractivity (Wildman–Crippen MR) is 127 cm³/mol. The number of Topliss-reactive ketones (excluding diaryl/α,β-unsaturated/α-hetero) is 1. The van der Waals surface area contributed by atoms with Gasteiger partial charge in [0, 0.05) is 17.8 Å². The van der Waals surface area contributed by atoms with Crippen molar-refractivity contribution in [3.05, 3.63) is 11.6 Å². The Labute approximate surface area is 190 Å². The third-order valence-electron chi connectivity index (χ3n) is 12.3. The molecule has 31 heavy (non-hydrogen) atoms. The summed E-state index contributed by atoms with van der Waals surface area (Å²) in [7, 11) is 0. The van der Waals surface area contributed by atoms with Gasteiger partial charge in [0.1, 0.15) is 5.78 Å². The zero-order valence-corrected chi connectivity index (χ0v) is 21.2. The quantitative estimate of drug-likeness (QED) is 0.419. The second-order valence-electron chi connectivity index (χ2n) is 14.5. The van der Waals surface area contributed by atoms with E-state index in [1.807, 2.05) is 0 Å². The number of allylic oxidation sites excluding steroid dienone is 1. The van der Waals surface area contributed by atoms with Crippen LogP contribution in [0.25, 0.3) is 0 Å². The highest BCUT2D eigenvalue weighted by atomic mass is 16.3. The molecule has 4 fully saturated rings. The van der Waals surface area contributed by atoms with Gasteiger partial charge in [0.05, 0.1) is 5.60 Å². The topological polar surface area (TPSA) is 37.3 Å². The molecule has 0 aromatic heterocycles. The highest BCUT2D eigenvalue weighted by Gasteiger charge is 2.68. The van der Waals surface area contributed by atoms with Crippen LogP contribution in [0.15, 0.2) is 11.6 Å². The molecule has 0 bridgehead atoms. The van der Waals surface area contributed by atoms with Crippen molar-refractivity contribution in [3.8, 4) is 0 Å². The molecule has 0 amide bonds. The zero-order chi connectivity index (χ0) is 22.7. The molecule has 5 aliphatic rings. The molecular formula is C29H46O2. The van der Waals surface area contributed by atoms with Gasteiger partial charge >= 0.3 is 0 Å². The molecule has 5 aliphatic carbocycles. The number of hydrogen-bond donors (Lipinski definition) is 1. The Bertz CT molecular complexity index is 836. The number of ketones is 1. The lowest BCUT2D eigenvalue weighted by Gasteiger charge is -2.70. The lowest BCUT2D eigenvalue weighted by atomic mass is 9.34. The van der Waals surface area contributed by atoms with Gasteiger partial charge in [0.2, 0.25) is 0 Å². The Hall–Kier alpha value is -0.630. The van der Waals surface area contributed by atoms with Gasteiger partial charge < -0.3 is 5.11 Å². The van der Waals surface area contributed by atoms with Crippen molar-refractivity contribution < 1.29 is 9.90 Å². The molecule has 0 saturated heterocycles. The summed E-state index contributed by atoms with van der Waals surface area (Å²) in [6, 6.07) is 0. The van der Waals surface area contributed by atoms with Crippen molar-refractivity contribution in [1.29, 1.82) is 0 Å². The predicted octanol–water partition coefficient (Wildman–Crippen LogP) is 7.10. The Morgan fingerprint density at radius 2 is 1.55 bits per heavy atom. The fourth-order valence-electron chi connectivity index (χ4n) is 10.0. The maximum Gasteiger partial charge on any atom is 0.138 e. The molecule has 174 valence electrons. The van der Waals surface area contributed by atoms with Gasteiger partial charge in [-0.1, -0.05) is 60.1 Å². The Morgan fingerprint density at radius 1 is 0.871 bits per heavy atom. The maximum atomic E-state index is 12.9. The molecule has 5 rings (SSSR count). The fourth-order valence-corrected chi connectivity index (χ4v) is 10.0. The molecule has 0 spiro atoms. The van der Waals surface area contributed by atoms with E-state index in [4.69, 9.17) is 0 Å². The van der Waals surface area contributed by atoms with Crippen molar-refractivity contribution in [2.45, 2.75) is 118 Å². The molecule has 2 nitrogen and oxygen atoms in total. The van der Waals surface area contributed by atoms with E-state index in [1.54, 1.807) is 5.57 Å². The second kappa shape index (κ2) is 6.28. The Kier molecular flexibility index (Phi) is 4.49. The van der Waals surface area contributed by atoms with Crippen LogP contribution < -0.4 is 0 Å². The zero-order valence-electron chi connectivity index (χ0n) is 21.2. The van der Waals surface area contributed by atoms with Crippen LogP contribution in [0.1, 0.15) is 113 Å². The van der Waals surface area contributed by atoms with E-state index in [1.165, 1.54) is 12.8 Å². The van der Waals surface area contributed by atoms with Crippen LogP contribution in [0, 0.1) is 44.8 Å². The summed E-state index contributed by atoms with van der Waals surface area (Å²) in [5.41, 5.74) is 1.96. The molecule has 1 N–H and O–H groups in total. The van der Waals surface area contributed by atoms with Gasteiger partial charge in [0.15, 0.2) is 0 Å². The molecule has 0 heterocycles. The monoisotopic (exact) mass is 426 g/mol. The average molecular weight is 427 g/mol. The molecular weight excluding hydrogens is 380 g/mol. The maximum absolute atomic E-state index is 12.9. The molecule has 4 saturated carbocycles. The number of rotatable bonds is 0.